The Bertz CT molecular complexity index is 508. The van der Waals surface area contributed by atoms with Crippen molar-refractivity contribution in [1.82, 2.24) is 9.55 Å². The average Bonchev–Trinajstić information content (AvgIpc) is 2.32. The molecule has 0 aliphatic rings. The van der Waals surface area contributed by atoms with Crippen molar-refractivity contribution in [2.75, 3.05) is 5.32 Å². The molecule has 0 fully saturated rings. The lowest BCUT2D eigenvalue weighted by Crippen LogP contribution is -2.34. The van der Waals surface area contributed by atoms with E-state index in [2.05, 4.69) is 16.9 Å². The number of aliphatic carboxylic acids is 1. The molecule has 0 spiro atoms. The van der Waals surface area contributed by atoms with E-state index in [1.807, 2.05) is 13.8 Å². The number of rotatable bonds is 7. The Morgan fingerprint density at radius 1 is 1.63 bits per heavy atom. The van der Waals surface area contributed by atoms with Gasteiger partial charge in [-0.05, 0) is 12.3 Å². The zero-order valence-electron chi connectivity index (χ0n) is 11.2. The lowest BCUT2D eigenvalue weighted by molar-refractivity contribution is -0.137. The fraction of sp³-hybridized carbons (Fsp3) is 0.462. The Morgan fingerprint density at radius 3 is 2.84 bits per heavy atom. The lowest BCUT2D eigenvalue weighted by atomic mass is 10.2. The first-order valence-corrected chi connectivity index (χ1v) is 6.11. The molecule has 0 saturated carbocycles. The fourth-order valence-electron chi connectivity index (χ4n) is 1.64. The minimum atomic E-state index is -1.04. The third-order valence-electron chi connectivity index (χ3n) is 2.49. The number of hydrogen-bond donors (Lipinski definition) is 2. The fourth-order valence-corrected chi connectivity index (χ4v) is 1.64. The van der Waals surface area contributed by atoms with Crippen molar-refractivity contribution < 1.29 is 9.90 Å². The highest BCUT2D eigenvalue weighted by atomic mass is 16.4. The van der Waals surface area contributed by atoms with E-state index in [9.17, 15) is 9.59 Å². The summed E-state index contributed by atoms with van der Waals surface area (Å²) in [5, 5.41) is 11.7. The van der Waals surface area contributed by atoms with Crippen LogP contribution in [0.3, 0.4) is 0 Å². The third-order valence-corrected chi connectivity index (χ3v) is 2.49. The van der Waals surface area contributed by atoms with Gasteiger partial charge in [-0.3, -0.25) is 4.79 Å². The molecule has 1 unspecified atom stereocenters. The molecule has 1 atom stereocenters. The molecular weight excluding hydrogens is 246 g/mol. The summed E-state index contributed by atoms with van der Waals surface area (Å²) in [5.74, 6) is -0.672. The van der Waals surface area contributed by atoms with Crippen molar-refractivity contribution in [3.8, 4) is 0 Å². The standard InChI is InChI=1S/C13H19N3O3/c1-4-5-10(13(18)19)15-11-12(17)16(7-6-14-11)8-9(2)3/h4,6-7,9-10H,1,5,8H2,2-3H3,(H,14,15)(H,18,19). The zero-order valence-corrected chi connectivity index (χ0v) is 11.2. The van der Waals surface area contributed by atoms with E-state index in [1.165, 1.54) is 16.8 Å². The highest BCUT2D eigenvalue weighted by molar-refractivity contribution is 5.76. The molecule has 0 saturated heterocycles. The van der Waals surface area contributed by atoms with Gasteiger partial charge in [0.15, 0.2) is 5.82 Å². The summed E-state index contributed by atoms with van der Waals surface area (Å²) in [5.41, 5.74) is -0.313. The van der Waals surface area contributed by atoms with Gasteiger partial charge in [0, 0.05) is 18.9 Å². The smallest absolute Gasteiger partial charge is 0.326 e. The molecule has 0 radical (unpaired) electrons. The average molecular weight is 265 g/mol. The van der Waals surface area contributed by atoms with Gasteiger partial charge in [-0.15, -0.1) is 6.58 Å². The molecule has 2 N–H and O–H groups in total. The molecule has 0 aliphatic carbocycles. The van der Waals surface area contributed by atoms with Crippen LogP contribution < -0.4 is 10.9 Å². The van der Waals surface area contributed by atoms with E-state index in [-0.39, 0.29) is 17.8 Å². The Balaban J connectivity index is 2.97. The molecule has 0 bridgehead atoms. The summed E-state index contributed by atoms with van der Waals surface area (Å²) in [7, 11) is 0. The molecule has 6 heteroatoms. The molecule has 19 heavy (non-hydrogen) atoms. The van der Waals surface area contributed by atoms with Gasteiger partial charge in [0.2, 0.25) is 0 Å². The van der Waals surface area contributed by atoms with Crippen LogP contribution in [0.2, 0.25) is 0 Å². The largest absolute Gasteiger partial charge is 0.480 e. The minimum Gasteiger partial charge on any atom is -0.480 e. The van der Waals surface area contributed by atoms with E-state index in [1.54, 1.807) is 6.20 Å². The van der Waals surface area contributed by atoms with E-state index < -0.39 is 12.0 Å². The SMILES string of the molecule is C=CCC(Nc1nccn(CC(C)C)c1=O)C(=O)O. The second-order valence-electron chi connectivity index (χ2n) is 4.69. The summed E-state index contributed by atoms with van der Waals surface area (Å²) >= 11 is 0. The Labute approximate surface area is 111 Å². The number of aromatic nitrogens is 2. The van der Waals surface area contributed by atoms with Gasteiger partial charge in [0.25, 0.3) is 5.56 Å². The Hall–Kier alpha value is -2.11. The van der Waals surface area contributed by atoms with Crippen LogP contribution in [0.5, 0.6) is 0 Å². The van der Waals surface area contributed by atoms with Crippen molar-refractivity contribution in [1.29, 1.82) is 0 Å². The van der Waals surface area contributed by atoms with Gasteiger partial charge >= 0.3 is 5.97 Å². The number of carbonyl (C=O) groups is 1. The highest BCUT2D eigenvalue weighted by Crippen LogP contribution is 2.03. The first-order valence-electron chi connectivity index (χ1n) is 6.11. The predicted octanol–water partition coefficient (Wildman–Crippen LogP) is 1.34. The van der Waals surface area contributed by atoms with Gasteiger partial charge in [0.1, 0.15) is 6.04 Å². The van der Waals surface area contributed by atoms with Gasteiger partial charge in [0.05, 0.1) is 0 Å². The van der Waals surface area contributed by atoms with E-state index >= 15 is 0 Å². The molecule has 6 nitrogen and oxygen atoms in total. The van der Waals surface area contributed by atoms with Gasteiger partial charge in [-0.1, -0.05) is 19.9 Å². The minimum absolute atomic E-state index is 0.0531. The molecule has 1 aromatic heterocycles. The predicted molar refractivity (Wildman–Crippen MR) is 73.2 cm³/mol. The van der Waals surface area contributed by atoms with Gasteiger partial charge in [-0.2, -0.15) is 0 Å². The molecule has 104 valence electrons. The first-order chi connectivity index (χ1) is 8.95. The molecule has 1 heterocycles. The van der Waals surface area contributed by atoms with Crippen molar-refractivity contribution in [2.45, 2.75) is 32.9 Å². The topological polar surface area (TPSA) is 84.2 Å². The normalized spacial score (nSPS) is 12.2. The number of carboxylic acid groups (broad SMARTS) is 1. The van der Waals surface area contributed by atoms with Gasteiger partial charge in [-0.25, -0.2) is 9.78 Å². The van der Waals surface area contributed by atoms with Crippen LogP contribution >= 0.6 is 0 Å². The summed E-state index contributed by atoms with van der Waals surface area (Å²) in [4.78, 5) is 27.0. The van der Waals surface area contributed by atoms with E-state index in [4.69, 9.17) is 5.11 Å². The number of anilines is 1. The van der Waals surface area contributed by atoms with Crippen molar-refractivity contribution in [3.05, 3.63) is 35.4 Å². The molecule has 0 aromatic carbocycles. The summed E-state index contributed by atoms with van der Waals surface area (Å²) in [6, 6.07) is -0.896. The number of hydrogen-bond acceptors (Lipinski definition) is 4. The molecule has 1 aromatic rings. The van der Waals surface area contributed by atoms with Gasteiger partial charge < -0.3 is 15.0 Å². The second-order valence-corrected chi connectivity index (χ2v) is 4.69. The Morgan fingerprint density at radius 2 is 2.32 bits per heavy atom. The Kier molecular flexibility index (Phi) is 5.29. The van der Waals surface area contributed by atoms with Crippen molar-refractivity contribution >= 4 is 11.8 Å². The summed E-state index contributed by atoms with van der Waals surface area (Å²) in [6.45, 7) is 8.06. The quantitative estimate of drug-likeness (QED) is 0.727. The van der Waals surface area contributed by atoms with Crippen molar-refractivity contribution in [2.24, 2.45) is 5.92 Å². The molecule has 0 aliphatic heterocycles. The monoisotopic (exact) mass is 265 g/mol. The molecule has 1 rings (SSSR count). The van der Waals surface area contributed by atoms with Crippen LogP contribution in [0.25, 0.3) is 0 Å². The summed E-state index contributed by atoms with van der Waals surface area (Å²) in [6.07, 6.45) is 4.78. The van der Waals surface area contributed by atoms with Crippen LogP contribution in [0.15, 0.2) is 29.8 Å². The first kappa shape index (κ1) is 14.9. The number of nitrogens with zero attached hydrogens (tertiary/aromatic N) is 2. The maximum absolute atomic E-state index is 12.1. The van der Waals surface area contributed by atoms with Crippen LogP contribution in [-0.2, 0) is 11.3 Å². The van der Waals surface area contributed by atoms with Crippen LogP contribution in [-0.4, -0.2) is 26.7 Å². The maximum Gasteiger partial charge on any atom is 0.326 e. The third kappa shape index (κ3) is 4.24. The zero-order chi connectivity index (χ0) is 14.4. The highest BCUT2D eigenvalue weighted by Gasteiger charge is 2.18. The second kappa shape index (κ2) is 6.72. The lowest BCUT2D eigenvalue weighted by Gasteiger charge is -2.14. The van der Waals surface area contributed by atoms with E-state index in [0.717, 1.165) is 0 Å². The number of carboxylic acids is 1. The number of nitrogens with one attached hydrogen (secondary N) is 1. The van der Waals surface area contributed by atoms with Crippen LogP contribution in [0.4, 0.5) is 5.82 Å². The molecule has 0 amide bonds. The van der Waals surface area contributed by atoms with E-state index in [0.29, 0.717) is 12.5 Å². The molecular formula is C13H19N3O3. The van der Waals surface area contributed by atoms with Crippen LogP contribution in [0.1, 0.15) is 20.3 Å². The summed E-state index contributed by atoms with van der Waals surface area (Å²) < 4.78 is 1.52. The maximum atomic E-state index is 12.1. The van der Waals surface area contributed by atoms with Crippen molar-refractivity contribution in [3.63, 3.8) is 0 Å². The van der Waals surface area contributed by atoms with Crippen LogP contribution in [0, 0.1) is 5.92 Å².